The molecule has 0 radical (unpaired) electrons. The van der Waals surface area contributed by atoms with Gasteiger partial charge in [0.15, 0.2) is 0 Å². The summed E-state index contributed by atoms with van der Waals surface area (Å²) in [5, 5.41) is 3.71. The van der Waals surface area contributed by atoms with E-state index in [0.717, 1.165) is 44.0 Å². The fourth-order valence-electron chi connectivity index (χ4n) is 3.34. The van der Waals surface area contributed by atoms with Gasteiger partial charge >= 0.3 is 0 Å². The smallest absolute Gasteiger partial charge is 0.253 e. The summed E-state index contributed by atoms with van der Waals surface area (Å²) in [6, 6.07) is 4.15. The number of amides is 1. The van der Waals surface area contributed by atoms with E-state index in [1.165, 1.54) is 19.3 Å². The molecule has 1 fully saturated rings. The molecule has 2 heterocycles. The minimum atomic E-state index is 0.137. The molecule has 0 bridgehead atoms. The van der Waals surface area contributed by atoms with Crippen molar-refractivity contribution in [3.05, 3.63) is 42.2 Å². The minimum Gasteiger partial charge on any atom is -0.339 e. The van der Waals surface area contributed by atoms with Gasteiger partial charge in [-0.2, -0.15) is 0 Å². The van der Waals surface area contributed by atoms with E-state index < -0.39 is 0 Å². The van der Waals surface area contributed by atoms with E-state index in [9.17, 15) is 4.79 Å². The predicted octanol–water partition coefficient (Wildman–Crippen LogP) is 2.63. The van der Waals surface area contributed by atoms with Gasteiger partial charge in [0, 0.05) is 37.1 Å². The lowest BCUT2D eigenvalue weighted by Crippen LogP contribution is -2.46. The number of carbonyl (C=O) groups excluding carboxylic acids is 1. The molecule has 4 nitrogen and oxygen atoms in total. The van der Waals surface area contributed by atoms with Crippen LogP contribution in [0.1, 0.15) is 42.5 Å². The van der Waals surface area contributed by atoms with Crippen LogP contribution in [0.25, 0.3) is 0 Å². The number of hydrogen-bond donors (Lipinski definition) is 1. The van der Waals surface area contributed by atoms with Crippen molar-refractivity contribution >= 4 is 5.91 Å². The molecule has 1 atom stereocenters. The second kappa shape index (κ2) is 7.54. The van der Waals surface area contributed by atoms with Crippen molar-refractivity contribution in [1.29, 1.82) is 0 Å². The number of piperidine rings is 1. The Morgan fingerprint density at radius 2 is 1.95 bits per heavy atom. The highest BCUT2D eigenvalue weighted by molar-refractivity contribution is 5.94. The lowest BCUT2D eigenvalue weighted by Gasteiger charge is -2.33. The largest absolute Gasteiger partial charge is 0.339 e. The minimum absolute atomic E-state index is 0.137. The molecule has 1 N–H and O–H groups in total. The van der Waals surface area contributed by atoms with Gasteiger partial charge in [-0.05, 0) is 56.7 Å². The zero-order valence-electron chi connectivity index (χ0n) is 13.1. The maximum Gasteiger partial charge on any atom is 0.253 e. The molecule has 1 aromatic rings. The number of nitrogens with zero attached hydrogens (tertiary/aromatic N) is 2. The van der Waals surface area contributed by atoms with Crippen LogP contribution in [0, 0.1) is 5.92 Å². The third kappa shape index (κ3) is 3.95. The lowest BCUT2D eigenvalue weighted by molar-refractivity contribution is 0.0703. The monoisotopic (exact) mass is 299 g/mol. The van der Waals surface area contributed by atoms with Crippen molar-refractivity contribution in [2.75, 3.05) is 19.6 Å². The first-order valence-electron chi connectivity index (χ1n) is 8.40. The van der Waals surface area contributed by atoms with E-state index in [1.807, 2.05) is 4.90 Å². The number of hydrogen-bond acceptors (Lipinski definition) is 3. The van der Waals surface area contributed by atoms with Crippen LogP contribution in [0.3, 0.4) is 0 Å². The van der Waals surface area contributed by atoms with Gasteiger partial charge in [-0.3, -0.25) is 9.78 Å². The Bertz CT molecular complexity index is 506. The fourth-order valence-corrected chi connectivity index (χ4v) is 3.34. The third-order valence-corrected chi connectivity index (χ3v) is 4.78. The maximum atomic E-state index is 12.4. The van der Waals surface area contributed by atoms with Gasteiger partial charge < -0.3 is 10.2 Å². The van der Waals surface area contributed by atoms with Gasteiger partial charge in [0.25, 0.3) is 5.91 Å². The van der Waals surface area contributed by atoms with Crippen molar-refractivity contribution in [2.24, 2.45) is 5.92 Å². The van der Waals surface area contributed by atoms with Gasteiger partial charge in [0.2, 0.25) is 0 Å². The highest BCUT2D eigenvalue weighted by Crippen LogP contribution is 2.19. The molecule has 2 aliphatic rings. The van der Waals surface area contributed by atoms with E-state index in [4.69, 9.17) is 0 Å². The Morgan fingerprint density at radius 3 is 2.64 bits per heavy atom. The Kier molecular flexibility index (Phi) is 5.22. The van der Waals surface area contributed by atoms with Crippen LogP contribution in [-0.2, 0) is 0 Å². The van der Waals surface area contributed by atoms with Gasteiger partial charge in [-0.15, -0.1) is 0 Å². The molecular formula is C18H25N3O. The summed E-state index contributed by atoms with van der Waals surface area (Å²) in [5.41, 5.74) is 0.746. The van der Waals surface area contributed by atoms with Crippen LogP contribution in [-0.4, -0.2) is 41.5 Å². The van der Waals surface area contributed by atoms with Crippen LogP contribution in [0.2, 0.25) is 0 Å². The summed E-state index contributed by atoms with van der Waals surface area (Å²) in [6.45, 7) is 2.82. The van der Waals surface area contributed by atoms with Gasteiger partial charge in [-0.1, -0.05) is 12.2 Å². The first-order valence-corrected chi connectivity index (χ1v) is 8.40. The number of likely N-dealkylation sites (tertiary alicyclic amines) is 1. The van der Waals surface area contributed by atoms with Crippen LogP contribution in [0.15, 0.2) is 36.7 Å². The third-order valence-electron chi connectivity index (χ3n) is 4.78. The van der Waals surface area contributed by atoms with Gasteiger partial charge in [-0.25, -0.2) is 0 Å². The van der Waals surface area contributed by atoms with Gasteiger partial charge in [0.1, 0.15) is 0 Å². The van der Waals surface area contributed by atoms with Crippen LogP contribution in [0.4, 0.5) is 0 Å². The molecule has 1 unspecified atom stereocenters. The summed E-state index contributed by atoms with van der Waals surface area (Å²) in [4.78, 5) is 18.3. The molecule has 118 valence electrons. The van der Waals surface area contributed by atoms with Crippen molar-refractivity contribution in [3.8, 4) is 0 Å². The SMILES string of the molecule is O=C(c1ccncc1)N1CCC(NCC2CC=CCC2)CC1. The highest BCUT2D eigenvalue weighted by atomic mass is 16.2. The van der Waals surface area contributed by atoms with Crippen LogP contribution < -0.4 is 5.32 Å². The molecule has 3 rings (SSSR count). The Balaban J connectivity index is 1.42. The highest BCUT2D eigenvalue weighted by Gasteiger charge is 2.23. The molecule has 4 heteroatoms. The molecule has 0 aromatic carbocycles. The molecule has 0 saturated carbocycles. The summed E-state index contributed by atoms with van der Waals surface area (Å²) in [7, 11) is 0. The summed E-state index contributed by atoms with van der Waals surface area (Å²) in [6.07, 6.45) is 13.8. The van der Waals surface area contributed by atoms with E-state index in [2.05, 4.69) is 22.5 Å². The molecule has 1 aromatic heterocycles. The second-order valence-corrected chi connectivity index (χ2v) is 6.36. The first-order chi connectivity index (χ1) is 10.8. The molecule has 1 amide bonds. The first kappa shape index (κ1) is 15.2. The quantitative estimate of drug-likeness (QED) is 0.869. The number of aromatic nitrogens is 1. The molecule has 0 spiro atoms. The number of pyridine rings is 1. The zero-order valence-corrected chi connectivity index (χ0v) is 13.1. The van der Waals surface area contributed by atoms with Gasteiger partial charge in [0.05, 0.1) is 0 Å². The summed E-state index contributed by atoms with van der Waals surface area (Å²) < 4.78 is 0. The molecular weight excluding hydrogens is 274 g/mol. The zero-order chi connectivity index (χ0) is 15.2. The van der Waals surface area contributed by atoms with Crippen molar-refractivity contribution in [3.63, 3.8) is 0 Å². The fraction of sp³-hybridized carbons (Fsp3) is 0.556. The standard InChI is InChI=1S/C18H25N3O/c22-18(16-6-10-19-11-7-16)21-12-8-17(9-13-21)20-14-15-4-2-1-3-5-15/h1-2,6-7,10-11,15,17,20H,3-5,8-9,12-14H2. The van der Waals surface area contributed by atoms with E-state index in [-0.39, 0.29) is 5.91 Å². The summed E-state index contributed by atoms with van der Waals surface area (Å²) >= 11 is 0. The number of allylic oxidation sites excluding steroid dienone is 2. The van der Waals surface area contributed by atoms with E-state index >= 15 is 0 Å². The van der Waals surface area contributed by atoms with Crippen LogP contribution >= 0.6 is 0 Å². The van der Waals surface area contributed by atoms with Crippen LogP contribution in [0.5, 0.6) is 0 Å². The molecule has 1 aliphatic carbocycles. The normalized spacial score (nSPS) is 22.7. The number of rotatable bonds is 4. The molecule has 1 aliphatic heterocycles. The maximum absolute atomic E-state index is 12.4. The van der Waals surface area contributed by atoms with Crippen molar-refractivity contribution in [1.82, 2.24) is 15.2 Å². The number of carbonyl (C=O) groups is 1. The van der Waals surface area contributed by atoms with Crippen molar-refractivity contribution in [2.45, 2.75) is 38.1 Å². The molecule has 1 saturated heterocycles. The lowest BCUT2D eigenvalue weighted by atomic mass is 9.93. The summed E-state index contributed by atoms with van der Waals surface area (Å²) in [5.74, 6) is 0.930. The Morgan fingerprint density at radius 1 is 1.18 bits per heavy atom. The average Bonchev–Trinajstić information content (AvgIpc) is 2.61. The average molecular weight is 299 g/mol. The Labute approximate surface area is 132 Å². The molecule has 22 heavy (non-hydrogen) atoms. The van der Waals surface area contributed by atoms with E-state index in [0.29, 0.717) is 6.04 Å². The topological polar surface area (TPSA) is 45.2 Å². The second-order valence-electron chi connectivity index (χ2n) is 6.36. The number of nitrogens with one attached hydrogen (secondary N) is 1. The Hall–Kier alpha value is -1.68. The van der Waals surface area contributed by atoms with E-state index in [1.54, 1.807) is 24.5 Å². The van der Waals surface area contributed by atoms with Crippen molar-refractivity contribution < 1.29 is 4.79 Å². The predicted molar refractivity (Wildman–Crippen MR) is 87.6 cm³/mol.